The van der Waals surface area contributed by atoms with Gasteiger partial charge in [-0.05, 0) is 37.1 Å². The number of nitrogens with one attached hydrogen (secondary N) is 2. The molecule has 0 bridgehead atoms. The van der Waals surface area contributed by atoms with Crippen LogP contribution in [-0.4, -0.2) is 31.6 Å². The van der Waals surface area contributed by atoms with Crippen molar-refractivity contribution in [2.45, 2.75) is 25.4 Å². The fraction of sp³-hybridized carbons (Fsp3) is 0.467. The van der Waals surface area contributed by atoms with E-state index < -0.39 is 0 Å². The van der Waals surface area contributed by atoms with Crippen molar-refractivity contribution in [1.82, 2.24) is 0 Å². The van der Waals surface area contributed by atoms with Gasteiger partial charge in [0, 0.05) is 30.9 Å². The number of carbonyl (C=O) groups is 2. The highest BCUT2D eigenvalue weighted by atomic mass is 16.5. The van der Waals surface area contributed by atoms with Crippen molar-refractivity contribution >= 4 is 23.2 Å². The molecule has 0 spiro atoms. The average Bonchev–Trinajstić information content (AvgIpc) is 3.31. The third kappa shape index (κ3) is 4.84. The number of carbonyl (C=O) groups excluding carboxylic acids is 2. The van der Waals surface area contributed by atoms with Crippen LogP contribution in [-0.2, 0) is 14.3 Å². The van der Waals surface area contributed by atoms with E-state index in [1.165, 1.54) is 7.11 Å². The van der Waals surface area contributed by atoms with Gasteiger partial charge in [0.25, 0.3) is 0 Å². The first-order chi connectivity index (χ1) is 10.1. The molecule has 1 atom stereocenters. The first kappa shape index (κ1) is 15.5. The number of anilines is 2. The van der Waals surface area contributed by atoms with Crippen molar-refractivity contribution in [1.29, 1.82) is 0 Å². The van der Waals surface area contributed by atoms with Gasteiger partial charge in [-0.1, -0.05) is 0 Å². The van der Waals surface area contributed by atoms with Gasteiger partial charge >= 0.3 is 0 Å². The number of ether oxygens (including phenoxy) is 1. The van der Waals surface area contributed by atoms with Crippen LogP contribution in [0, 0.1) is 5.92 Å². The van der Waals surface area contributed by atoms with Crippen LogP contribution in [0.2, 0.25) is 0 Å². The Morgan fingerprint density at radius 2 is 1.81 bits per heavy atom. The van der Waals surface area contributed by atoms with Gasteiger partial charge < -0.3 is 21.1 Å². The molecule has 2 rings (SSSR count). The molecule has 1 aromatic rings. The van der Waals surface area contributed by atoms with E-state index in [4.69, 9.17) is 10.5 Å². The molecular formula is C15H21N3O3. The van der Waals surface area contributed by atoms with Gasteiger partial charge in [-0.2, -0.15) is 0 Å². The zero-order valence-electron chi connectivity index (χ0n) is 12.1. The van der Waals surface area contributed by atoms with Gasteiger partial charge in [0.2, 0.25) is 11.8 Å². The Bertz CT molecular complexity index is 493. The summed E-state index contributed by atoms with van der Waals surface area (Å²) >= 11 is 0. The van der Waals surface area contributed by atoms with Crippen molar-refractivity contribution in [3.63, 3.8) is 0 Å². The number of benzene rings is 1. The summed E-state index contributed by atoms with van der Waals surface area (Å²) in [6.45, 7) is 0.302. The molecule has 21 heavy (non-hydrogen) atoms. The maximum atomic E-state index is 11.8. The molecule has 0 aliphatic heterocycles. The summed E-state index contributed by atoms with van der Waals surface area (Å²) in [7, 11) is 1.53. The van der Waals surface area contributed by atoms with Crippen LogP contribution in [0.5, 0.6) is 0 Å². The van der Waals surface area contributed by atoms with E-state index in [0.717, 1.165) is 18.5 Å². The molecule has 1 aliphatic carbocycles. The molecule has 1 fully saturated rings. The number of methoxy groups -OCH3 is 1. The summed E-state index contributed by atoms with van der Waals surface area (Å²) < 4.78 is 5.07. The van der Waals surface area contributed by atoms with Crippen molar-refractivity contribution in [2.75, 3.05) is 24.3 Å². The standard InChI is InChI=1S/C15H21N3O3/c1-21-13(9-16)8-14(19)17-11-4-6-12(7-5-11)18-15(20)10-2-3-10/h4-7,10,13H,2-3,8-9,16H2,1H3,(H,17,19)(H,18,20). The van der Waals surface area contributed by atoms with Crippen LogP contribution >= 0.6 is 0 Å². The third-order valence-corrected chi connectivity index (χ3v) is 3.39. The van der Waals surface area contributed by atoms with E-state index in [0.29, 0.717) is 12.2 Å². The number of hydrogen-bond donors (Lipinski definition) is 3. The second kappa shape index (κ2) is 7.19. The van der Waals surface area contributed by atoms with E-state index in [9.17, 15) is 9.59 Å². The minimum atomic E-state index is -0.276. The molecule has 1 unspecified atom stereocenters. The van der Waals surface area contributed by atoms with E-state index in [-0.39, 0.29) is 30.3 Å². The predicted molar refractivity (Wildman–Crippen MR) is 80.9 cm³/mol. The fourth-order valence-corrected chi connectivity index (χ4v) is 1.91. The van der Waals surface area contributed by atoms with Gasteiger partial charge in [0.05, 0.1) is 12.5 Å². The van der Waals surface area contributed by atoms with Crippen LogP contribution in [0.1, 0.15) is 19.3 Å². The molecule has 4 N–H and O–H groups in total. The Balaban J connectivity index is 1.83. The normalized spacial score (nSPS) is 15.3. The Morgan fingerprint density at radius 3 is 2.29 bits per heavy atom. The Kier molecular flexibility index (Phi) is 5.30. The monoisotopic (exact) mass is 291 g/mol. The van der Waals surface area contributed by atoms with E-state index in [1.807, 2.05) is 0 Å². The lowest BCUT2D eigenvalue weighted by Crippen LogP contribution is -2.28. The van der Waals surface area contributed by atoms with Crippen molar-refractivity contribution in [3.8, 4) is 0 Å². The predicted octanol–water partition coefficient (Wildman–Crippen LogP) is 1.34. The third-order valence-electron chi connectivity index (χ3n) is 3.39. The highest BCUT2D eigenvalue weighted by molar-refractivity contribution is 5.95. The molecule has 2 amide bonds. The van der Waals surface area contributed by atoms with Crippen LogP contribution in [0.15, 0.2) is 24.3 Å². The summed E-state index contributed by atoms with van der Waals surface area (Å²) in [5.74, 6) is 0.0892. The van der Waals surface area contributed by atoms with Crippen LogP contribution in [0.4, 0.5) is 11.4 Å². The summed E-state index contributed by atoms with van der Waals surface area (Å²) in [5, 5.41) is 5.62. The first-order valence-electron chi connectivity index (χ1n) is 7.06. The molecule has 6 nitrogen and oxygen atoms in total. The molecule has 0 radical (unpaired) electrons. The lowest BCUT2D eigenvalue weighted by atomic mass is 10.2. The maximum absolute atomic E-state index is 11.8. The van der Waals surface area contributed by atoms with Crippen LogP contribution in [0.3, 0.4) is 0 Å². The van der Waals surface area contributed by atoms with Crippen molar-refractivity contribution in [2.24, 2.45) is 11.7 Å². The van der Waals surface area contributed by atoms with Gasteiger partial charge in [0.1, 0.15) is 0 Å². The minimum Gasteiger partial charge on any atom is -0.380 e. The van der Waals surface area contributed by atoms with Crippen LogP contribution in [0.25, 0.3) is 0 Å². The SMILES string of the molecule is COC(CN)CC(=O)Nc1ccc(NC(=O)C2CC2)cc1. The quantitative estimate of drug-likeness (QED) is 0.706. The van der Waals surface area contributed by atoms with Crippen LogP contribution < -0.4 is 16.4 Å². The number of nitrogens with two attached hydrogens (primary N) is 1. The number of rotatable bonds is 7. The lowest BCUT2D eigenvalue weighted by molar-refractivity contribution is -0.118. The zero-order chi connectivity index (χ0) is 15.2. The van der Waals surface area contributed by atoms with E-state index in [1.54, 1.807) is 24.3 Å². The molecule has 0 heterocycles. The molecule has 114 valence electrons. The molecule has 6 heteroatoms. The largest absolute Gasteiger partial charge is 0.380 e. The molecule has 1 aliphatic rings. The van der Waals surface area contributed by atoms with E-state index >= 15 is 0 Å². The van der Waals surface area contributed by atoms with Gasteiger partial charge in [-0.25, -0.2) is 0 Å². The highest BCUT2D eigenvalue weighted by Crippen LogP contribution is 2.30. The second-order valence-corrected chi connectivity index (χ2v) is 5.19. The number of hydrogen-bond acceptors (Lipinski definition) is 4. The van der Waals surface area contributed by atoms with Crippen molar-refractivity contribution in [3.05, 3.63) is 24.3 Å². The van der Waals surface area contributed by atoms with Gasteiger partial charge in [-0.3, -0.25) is 9.59 Å². The highest BCUT2D eigenvalue weighted by Gasteiger charge is 2.29. The Labute approximate surface area is 124 Å². The Hall–Kier alpha value is -1.92. The molecule has 0 saturated heterocycles. The van der Waals surface area contributed by atoms with E-state index in [2.05, 4.69) is 10.6 Å². The molecule has 0 aromatic heterocycles. The smallest absolute Gasteiger partial charge is 0.227 e. The minimum absolute atomic E-state index is 0.0673. The molecule has 1 saturated carbocycles. The summed E-state index contributed by atoms with van der Waals surface area (Å²) in [6, 6.07) is 7.05. The fourth-order valence-electron chi connectivity index (χ4n) is 1.91. The summed E-state index contributed by atoms with van der Waals surface area (Å²) in [6.07, 6.45) is 1.89. The lowest BCUT2D eigenvalue weighted by Gasteiger charge is -2.13. The maximum Gasteiger partial charge on any atom is 0.227 e. The topological polar surface area (TPSA) is 93.4 Å². The van der Waals surface area contributed by atoms with Crippen molar-refractivity contribution < 1.29 is 14.3 Å². The molecule has 1 aromatic carbocycles. The zero-order valence-corrected chi connectivity index (χ0v) is 12.1. The average molecular weight is 291 g/mol. The number of amides is 2. The van der Waals surface area contributed by atoms with Gasteiger partial charge in [-0.15, -0.1) is 0 Å². The summed E-state index contributed by atoms with van der Waals surface area (Å²) in [4.78, 5) is 23.4. The molecular weight excluding hydrogens is 270 g/mol. The van der Waals surface area contributed by atoms with Gasteiger partial charge in [0.15, 0.2) is 0 Å². The first-order valence-corrected chi connectivity index (χ1v) is 7.06. The second-order valence-electron chi connectivity index (χ2n) is 5.19. The Morgan fingerprint density at radius 1 is 1.24 bits per heavy atom. The summed E-state index contributed by atoms with van der Waals surface area (Å²) in [5.41, 5.74) is 6.89.